The van der Waals surface area contributed by atoms with E-state index >= 15 is 0 Å². The number of amides is 2. The molecule has 2 aromatic rings. The largest absolute Gasteiger partial charge is 0.416 e. The molecule has 0 aliphatic carbocycles. The summed E-state index contributed by atoms with van der Waals surface area (Å²) in [6.07, 6.45) is -4.45. The van der Waals surface area contributed by atoms with Crippen LogP contribution in [-0.2, 0) is 11.0 Å². The van der Waals surface area contributed by atoms with Crippen molar-refractivity contribution in [3.63, 3.8) is 0 Å². The number of benzene rings is 2. The summed E-state index contributed by atoms with van der Waals surface area (Å²) in [5.41, 5.74) is 1.12. The number of nitrogens with zero attached hydrogens (tertiary/aromatic N) is 1. The van der Waals surface area contributed by atoms with Gasteiger partial charge in [0.05, 0.1) is 11.6 Å². The second-order valence-corrected chi connectivity index (χ2v) is 6.30. The smallest absolute Gasteiger partial charge is 0.348 e. The molecule has 2 amide bonds. The molecule has 0 radical (unpaired) electrons. The predicted molar refractivity (Wildman–Crippen MR) is 94.5 cm³/mol. The van der Waals surface area contributed by atoms with E-state index in [-0.39, 0.29) is 12.5 Å². The molecule has 0 unspecified atom stereocenters. The van der Waals surface area contributed by atoms with Gasteiger partial charge in [0.1, 0.15) is 6.54 Å². The third-order valence-corrected chi connectivity index (χ3v) is 4.43. The van der Waals surface area contributed by atoms with Crippen molar-refractivity contribution in [1.29, 1.82) is 0 Å². The molecule has 3 rings (SSSR count). The minimum atomic E-state index is -4.45. The van der Waals surface area contributed by atoms with Gasteiger partial charge in [-0.25, -0.2) is 0 Å². The number of carbonyl (C=O) groups excluding carboxylic acids is 2. The maximum absolute atomic E-state index is 12.8. The van der Waals surface area contributed by atoms with Crippen LogP contribution in [0.1, 0.15) is 40.0 Å². The van der Waals surface area contributed by atoms with Crippen molar-refractivity contribution in [2.45, 2.75) is 19.1 Å². The first-order chi connectivity index (χ1) is 12.7. The molecule has 7 heteroatoms. The van der Waals surface area contributed by atoms with Crippen LogP contribution >= 0.6 is 0 Å². The van der Waals surface area contributed by atoms with Crippen LogP contribution in [0.2, 0.25) is 0 Å². The summed E-state index contributed by atoms with van der Waals surface area (Å²) in [4.78, 5) is 26.0. The molecule has 4 nitrogen and oxygen atoms in total. The van der Waals surface area contributed by atoms with Crippen LogP contribution in [0, 0.1) is 0 Å². The lowest BCUT2D eigenvalue weighted by Gasteiger charge is -2.20. The second-order valence-electron chi connectivity index (χ2n) is 6.30. The highest BCUT2D eigenvalue weighted by Crippen LogP contribution is 2.32. The number of rotatable bonds is 4. The van der Waals surface area contributed by atoms with Gasteiger partial charge in [0, 0.05) is 16.8 Å². The molecular weight excluding hydrogens is 357 g/mol. The molecular formula is C20H17F3N2O2. The first-order valence-corrected chi connectivity index (χ1v) is 8.25. The quantitative estimate of drug-likeness (QED) is 0.879. The van der Waals surface area contributed by atoms with Crippen LogP contribution in [0.4, 0.5) is 13.2 Å². The molecule has 1 atom stereocenters. The molecule has 2 aromatic carbocycles. The van der Waals surface area contributed by atoms with Crippen molar-refractivity contribution >= 4 is 17.5 Å². The predicted octanol–water partition coefficient (Wildman–Crippen LogP) is 4.01. The van der Waals surface area contributed by atoms with E-state index in [0.717, 1.165) is 12.1 Å². The molecule has 0 saturated carbocycles. The van der Waals surface area contributed by atoms with E-state index in [9.17, 15) is 22.8 Å². The van der Waals surface area contributed by atoms with Gasteiger partial charge in [0.15, 0.2) is 0 Å². The van der Waals surface area contributed by atoms with Gasteiger partial charge < -0.3 is 5.32 Å². The van der Waals surface area contributed by atoms with E-state index in [1.165, 1.54) is 17.0 Å². The molecule has 27 heavy (non-hydrogen) atoms. The normalized spacial score (nSPS) is 14.9. The third kappa shape index (κ3) is 3.72. The molecule has 0 bridgehead atoms. The summed E-state index contributed by atoms with van der Waals surface area (Å²) in [6, 6.07) is 11.0. The lowest BCUT2D eigenvalue weighted by atomic mass is 10.0. The number of halogens is 3. The van der Waals surface area contributed by atoms with E-state index in [1.54, 1.807) is 31.2 Å². The minimum Gasteiger partial charge on any atom is -0.348 e. The first-order valence-electron chi connectivity index (χ1n) is 8.25. The highest BCUT2D eigenvalue weighted by atomic mass is 19.4. The van der Waals surface area contributed by atoms with Crippen LogP contribution in [0.15, 0.2) is 55.1 Å². The Hall–Kier alpha value is -3.09. The molecule has 140 valence electrons. The topological polar surface area (TPSA) is 49.4 Å². The molecule has 0 spiro atoms. The van der Waals surface area contributed by atoms with Gasteiger partial charge >= 0.3 is 6.18 Å². The third-order valence-electron chi connectivity index (χ3n) is 4.43. The zero-order chi connectivity index (χ0) is 19.8. The summed E-state index contributed by atoms with van der Waals surface area (Å²) in [7, 11) is 0. The van der Waals surface area contributed by atoms with Crippen molar-refractivity contribution in [2.24, 2.45) is 0 Å². The van der Waals surface area contributed by atoms with E-state index in [4.69, 9.17) is 0 Å². The standard InChI is InChI=1S/C20H17F3N2O2/c1-12(14-6-5-7-15(10-14)20(21,22)23)24-18(26)11-25-13(2)16-8-3-4-9-17(16)19(25)27/h3-10,12H,2,11H2,1H3,(H,24,26)/t12-/m1/s1. The zero-order valence-corrected chi connectivity index (χ0v) is 14.5. The van der Waals surface area contributed by atoms with Gasteiger partial charge in [0.2, 0.25) is 5.91 Å². The van der Waals surface area contributed by atoms with Gasteiger partial charge in [-0.3, -0.25) is 14.5 Å². The van der Waals surface area contributed by atoms with Gasteiger partial charge in [-0.15, -0.1) is 0 Å². The highest BCUT2D eigenvalue weighted by Gasteiger charge is 2.33. The Morgan fingerprint density at radius 3 is 2.44 bits per heavy atom. The second kappa shape index (κ2) is 6.90. The average molecular weight is 374 g/mol. The monoisotopic (exact) mass is 374 g/mol. The van der Waals surface area contributed by atoms with Crippen molar-refractivity contribution < 1.29 is 22.8 Å². The van der Waals surface area contributed by atoms with Crippen LogP contribution in [0.25, 0.3) is 5.70 Å². The summed E-state index contributed by atoms with van der Waals surface area (Å²) in [5.74, 6) is -0.806. The number of carbonyl (C=O) groups is 2. The summed E-state index contributed by atoms with van der Waals surface area (Å²) < 4.78 is 38.5. The van der Waals surface area contributed by atoms with Crippen molar-refractivity contribution in [3.8, 4) is 0 Å². The minimum absolute atomic E-state index is 0.254. The number of alkyl halides is 3. The maximum Gasteiger partial charge on any atom is 0.416 e. The number of fused-ring (bicyclic) bond motifs is 1. The van der Waals surface area contributed by atoms with E-state index in [1.807, 2.05) is 0 Å². The van der Waals surface area contributed by atoms with E-state index in [0.29, 0.717) is 22.4 Å². The lowest BCUT2D eigenvalue weighted by Crippen LogP contribution is -2.38. The number of nitrogens with one attached hydrogen (secondary N) is 1. The molecule has 0 aromatic heterocycles. The Balaban J connectivity index is 1.68. The van der Waals surface area contributed by atoms with E-state index < -0.39 is 23.7 Å². The molecule has 0 saturated heterocycles. The van der Waals surface area contributed by atoms with E-state index in [2.05, 4.69) is 11.9 Å². The molecule has 1 aliphatic rings. The molecule has 0 fully saturated rings. The lowest BCUT2D eigenvalue weighted by molar-refractivity contribution is -0.137. The Morgan fingerprint density at radius 1 is 1.15 bits per heavy atom. The van der Waals surface area contributed by atoms with Crippen molar-refractivity contribution in [1.82, 2.24) is 10.2 Å². The zero-order valence-electron chi connectivity index (χ0n) is 14.5. The summed E-state index contributed by atoms with van der Waals surface area (Å²) in [5, 5.41) is 2.63. The van der Waals surface area contributed by atoms with Gasteiger partial charge in [-0.05, 0) is 30.7 Å². The number of hydrogen-bond donors (Lipinski definition) is 1. The fraction of sp³-hybridized carbons (Fsp3) is 0.200. The molecule has 1 aliphatic heterocycles. The first kappa shape index (κ1) is 18.7. The Kier molecular flexibility index (Phi) is 4.78. The number of hydrogen-bond acceptors (Lipinski definition) is 2. The van der Waals surface area contributed by atoms with Gasteiger partial charge in [0.25, 0.3) is 5.91 Å². The van der Waals surface area contributed by atoms with Crippen molar-refractivity contribution in [3.05, 3.63) is 77.4 Å². The average Bonchev–Trinajstić information content (AvgIpc) is 2.86. The van der Waals surface area contributed by atoms with Crippen LogP contribution in [0.5, 0.6) is 0 Å². The Morgan fingerprint density at radius 2 is 1.81 bits per heavy atom. The Bertz CT molecular complexity index is 886. The fourth-order valence-electron chi connectivity index (χ4n) is 3.00. The summed E-state index contributed by atoms with van der Waals surface area (Å²) >= 11 is 0. The Labute approximate surface area is 154 Å². The SMILES string of the molecule is C=C1c2ccccc2C(=O)N1CC(=O)N[C@H](C)c1cccc(C(F)(F)F)c1. The van der Waals surface area contributed by atoms with Gasteiger partial charge in [-0.2, -0.15) is 13.2 Å². The maximum atomic E-state index is 12.8. The highest BCUT2D eigenvalue weighted by molar-refractivity contribution is 6.10. The fourth-order valence-corrected chi connectivity index (χ4v) is 3.00. The van der Waals surface area contributed by atoms with Crippen molar-refractivity contribution in [2.75, 3.05) is 6.54 Å². The molecule has 1 heterocycles. The van der Waals surface area contributed by atoms with Gasteiger partial charge in [-0.1, -0.05) is 36.9 Å². The summed E-state index contributed by atoms with van der Waals surface area (Å²) in [6.45, 7) is 5.19. The molecule has 1 N–H and O–H groups in total. The van der Waals surface area contributed by atoms with Crippen LogP contribution in [-0.4, -0.2) is 23.3 Å². The van der Waals surface area contributed by atoms with Crippen LogP contribution < -0.4 is 5.32 Å². The van der Waals surface area contributed by atoms with Crippen LogP contribution in [0.3, 0.4) is 0 Å².